The summed E-state index contributed by atoms with van der Waals surface area (Å²) in [6.45, 7) is 16.2. The Morgan fingerprint density at radius 2 is 1.40 bits per heavy atom. The van der Waals surface area contributed by atoms with Crippen LogP contribution in [-0.4, -0.2) is 10.2 Å². The van der Waals surface area contributed by atoms with Crippen LogP contribution < -0.4 is 0 Å². The Bertz CT molecular complexity index is 809. The van der Waals surface area contributed by atoms with Crippen LogP contribution in [0.25, 0.3) is 17.2 Å². The van der Waals surface area contributed by atoms with Crippen molar-refractivity contribution in [3.8, 4) is 11.1 Å². The lowest BCUT2D eigenvalue weighted by molar-refractivity contribution is 0.569. The van der Waals surface area contributed by atoms with Crippen molar-refractivity contribution < 1.29 is 0 Å². The van der Waals surface area contributed by atoms with Crippen molar-refractivity contribution in [1.29, 1.82) is 0 Å². The minimum atomic E-state index is 0.153. The molecule has 0 bridgehead atoms. The third-order valence-corrected chi connectivity index (χ3v) is 7.17. The van der Waals surface area contributed by atoms with E-state index in [1.54, 1.807) is 0 Å². The van der Waals surface area contributed by atoms with Crippen molar-refractivity contribution in [1.82, 2.24) is 0 Å². The fourth-order valence-electron chi connectivity index (χ4n) is 3.62. The highest BCUT2D eigenvalue weighted by atomic mass is 28.1. The first-order valence-electron chi connectivity index (χ1n) is 9.46. The largest absolute Gasteiger partial charge is 0.0689 e. The first kappa shape index (κ1) is 18.2. The lowest BCUT2D eigenvalue weighted by Crippen LogP contribution is -2.16. The molecule has 1 aliphatic carbocycles. The number of benzene rings is 2. The quantitative estimate of drug-likeness (QED) is 0.574. The molecule has 0 saturated carbocycles. The van der Waals surface area contributed by atoms with E-state index < -0.39 is 0 Å². The molecule has 0 aromatic heterocycles. The number of hydrogen-bond acceptors (Lipinski definition) is 0. The molecule has 0 nitrogen and oxygen atoms in total. The summed E-state index contributed by atoms with van der Waals surface area (Å²) < 4.78 is 0. The first-order chi connectivity index (χ1) is 11.5. The summed E-state index contributed by atoms with van der Waals surface area (Å²) >= 11 is 0. The maximum absolute atomic E-state index is 2.42. The zero-order valence-corrected chi connectivity index (χ0v) is 19.1. The van der Waals surface area contributed by atoms with Crippen molar-refractivity contribution in [3.05, 3.63) is 64.2 Å². The second-order valence-corrected chi connectivity index (χ2v) is 10.9. The van der Waals surface area contributed by atoms with Crippen molar-refractivity contribution in [2.24, 2.45) is 0 Å². The van der Waals surface area contributed by atoms with E-state index in [0.29, 0.717) is 5.54 Å². The van der Waals surface area contributed by atoms with Crippen LogP contribution in [0.5, 0.6) is 0 Å². The number of hydrogen-bond donors (Lipinski definition) is 0. The highest BCUT2D eigenvalue weighted by molar-refractivity contribution is 6.16. The number of allylic oxidation sites excluding steroid dienone is 1. The molecule has 0 saturated heterocycles. The van der Waals surface area contributed by atoms with Gasteiger partial charge in [0.1, 0.15) is 0 Å². The molecule has 132 valence electrons. The van der Waals surface area contributed by atoms with Gasteiger partial charge in [-0.05, 0) is 56.7 Å². The minimum absolute atomic E-state index is 0.153. The predicted molar refractivity (Wildman–Crippen MR) is 116 cm³/mol. The minimum Gasteiger partial charge on any atom is -0.0689 e. The molecule has 3 rings (SSSR count). The van der Waals surface area contributed by atoms with Gasteiger partial charge in [0.15, 0.2) is 0 Å². The standard InChI is InChI=1S/C24H32Si/c1-15-11-21-19(9-8-10-20(21)22(15)25)16-12-17(23(2,3)4)14-18(13-16)24(5,6)7/h8-14,22H,1-7,25H3. The van der Waals surface area contributed by atoms with E-state index >= 15 is 0 Å². The smallest absolute Gasteiger partial charge is 0.0174 e. The molecule has 0 radical (unpaired) electrons. The van der Waals surface area contributed by atoms with Crippen LogP contribution >= 0.6 is 0 Å². The van der Waals surface area contributed by atoms with E-state index in [-0.39, 0.29) is 10.8 Å². The summed E-state index contributed by atoms with van der Waals surface area (Å²) in [5.41, 5.74) is 11.1. The Morgan fingerprint density at radius 1 is 0.840 bits per heavy atom. The molecule has 0 spiro atoms. The van der Waals surface area contributed by atoms with E-state index in [4.69, 9.17) is 0 Å². The predicted octanol–water partition coefficient (Wildman–Crippen LogP) is 5.77. The van der Waals surface area contributed by atoms with Gasteiger partial charge in [-0.2, -0.15) is 0 Å². The Labute approximate surface area is 156 Å². The summed E-state index contributed by atoms with van der Waals surface area (Å²) in [7, 11) is 1.19. The molecule has 2 aromatic carbocycles. The highest BCUT2D eigenvalue weighted by Gasteiger charge is 2.24. The zero-order chi connectivity index (χ0) is 18.6. The van der Waals surface area contributed by atoms with Gasteiger partial charge in [-0.3, -0.25) is 0 Å². The molecule has 2 aromatic rings. The van der Waals surface area contributed by atoms with Gasteiger partial charge in [-0.25, -0.2) is 0 Å². The van der Waals surface area contributed by atoms with Crippen LogP contribution in [0.4, 0.5) is 0 Å². The van der Waals surface area contributed by atoms with Crippen LogP contribution in [0.3, 0.4) is 0 Å². The van der Waals surface area contributed by atoms with E-state index in [1.807, 2.05) is 0 Å². The molecule has 1 atom stereocenters. The number of rotatable bonds is 1. The lowest BCUT2D eigenvalue weighted by atomic mass is 9.78. The Morgan fingerprint density at radius 3 is 1.92 bits per heavy atom. The van der Waals surface area contributed by atoms with Crippen molar-refractivity contribution in [3.63, 3.8) is 0 Å². The maximum atomic E-state index is 2.42. The number of fused-ring (bicyclic) bond motifs is 1. The lowest BCUT2D eigenvalue weighted by Gasteiger charge is -2.26. The normalized spacial score (nSPS) is 17.6. The molecule has 0 aliphatic heterocycles. The van der Waals surface area contributed by atoms with E-state index in [2.05, 4.69) is 90.9 Å². The monoisotopic (exact) mass is 348 g/mol. The van der Waals surface area contributed by atoms with Crippen LogP contribution in [0.1, 0.15) is 76.3 Å². The van der Waals surface area contributed by atoms with E-state index in [0.717, 1.165) is 0 Å². The van der Waals surface area contributed by atoms with Crippen LogP contribution in [0, 0.1) is 0 Å². The van der Waals surface area contributed by atoms with Gasteiger partial charge in [0.25, 0.3) is 0 Å². The van der Waals surface area contributed by atoms with Crippen molar-refractivity contribution in [2.45, 2.75) is 64.8 Å². The molecule has 0 amide bonds. The average Bonchev–Trinajstić information content (AvgIpc) is 2.80. The highest BCUT2D eigenvalue weighted by Crippen LogP contribution is 2.41. The van der Waals surface area contributed by atoms with E-state index in [1.165, 1.54) is 49.2 Å². The first-order valence-corrected chi connectivity index (χ1v) is 10.6. The maximum Gasteiger partial charge on any atom is 0.0174 e. The molecular weight excluding hydrogens is 316 g/mol. The van der Waals surface area contributed by atoms with Crippen molar-refractivity contribution >= 4 is 16.3 Å². The molecular formula is C24H32Si. The summed E-state index contributed by atoms with van der Waals surface area (Å²) in [5.74, 6) is 0. The fourth-order valence-corrected chi connectivity index (χ4v) is 4.29. The second kappa shape index (κ2) is 5.98. The van der Waals surface area contributed by atoms with Gasteiger partial charge >= 0.3 is 0 Å². The fraction of sp³-hybridized carbons (Fsp3) is 0.417. The van der Waals surface area contributed by atoms with Gasteiger partial charge in [0, 0.05) is 10.2 Å². The Balaban J connectivity index is 2.26. The third-order valence-electron chi connectivity index (χ3n) is 5.64. The molecule has 0 N–H and O–H groups in total. The average molecular weight is 349 g/mol. The molecule has 1 aliphatic rings. The van der Waals surface area contributed by atoms with Gasteiger partial charge in [0.2, 0.25) is 0 Å². The topological polar surface area (TPSA) is 0 Å². The van der Waals surface area contributed by atoms with Gasteiger partial charge in [-0.15, -0.1) is 0 Å². The summed E-state index contributed by atoms with van der Waals surface area (Å²) in [4.78, 5) is 0. The summed E-state index contributed by atoms with van der Waals surface area (Å²) in [5, 5.41) is 0. The third kappa shape index (κ3) is 3.39. The molecule has 0 heterocycles. The van der Waals surface area contributed by atoms with Crippen molar-refractivity contribution in [2.75, 3.05) is 0 Å². The van der Waals surface area contributed by atoms with Crippen LogP contribution in [-0.2, 0) is 10.8 Å². The Hall–Kier alpha value is -1.60. The molecule has 1 unspecified atom stereocenters. The second-order valence-electron chi connectivity index (χ2n) is 9.72. The van der Waals surface area contributed by atoms with E-state index in [9.17, 15) is 0 Å². The summed E-state index contributed by atoms with van der Waals surface area (Å²) in [6.07, 6.45) is 2.42. The van der Waals surface area contributed by atoms with Gasteiger partial charge in [0.05, 0.1) is 0 Å². The molecule has 1 heteroatoms. The van der Waals surface area contributed by atoms with Gasteiger partial charge in [-0.1, -0.05) is 89.6 Å². The molecule has 25 heavy (non-hydrogen) atoms. The summed E-state index contributed by atoms with van der Waals surface area (Å²) in [6, 6.07) is 14.1. The SMILES string of the molecule is CC1=Cc2c(-c3cc(C(C)(C)C)cc(C(C)(C)C)c3)cccc2C1[SiH3]. The van der Waals surface area contributed by atoms with Crippen LogP contribution in [0.2, 0.25) is 0 Å². The molecule has 0 fully saturated rings. The zero-order valence-electron chi connectivity index (χ0n) is 17.1. The van der Waals surface area contributed by atoms with Gasteiger partial charge < -0.3 is 0 Å². The Kier molecular flexibility index (Phi) is 4.35. The van der Waals surface area contributed by atoms with Crippen LogP contribution in [0.15, 0.2) is 42.0 Å².